The van der Waals surface area contributed by atoms with Gasteiger partial charge in [0.05, 0.1) is 6.54 Å². The van der Waals surface area contributed by atoms with Crippen molar-refractivity contribution in [1.29, 1.82) is 0 Å². The fraction of sp³-hybridized carbons (Fsp3) is 0.333. The lowest BCUT2D eigenvalue weighted by molar-refractivity contribution is 0.325. The number of rotatable bonds is 7. The van der Waals surface area contributed by atoms with Crippen LogP contribution in [0.2, 0.25) is 0 Å². The number of hydrogen-bond acceptors (Lipinski definition) is 3. The first kappa shape index (κ1) is 15.4. The molecule has 3 nitrogen and oxygen atoms in total. The minimum absolute atomic E-state index is 0.674. The van der Waals surface area contributed by atoms with Gasteiger partial charge in [-0.25, -0.2) is 0 Å². The lowest BCUT2D eigenvalue weighted by atomic mass is 10.2. The van der Waals surface area contributed by atoms with Gasteiger partial charge < -0.3 is 15.0 Å². The Balaban J connectivity index is 1.86. The lowest BCUT2D eigenvalue weighted by Gasteiger charge is -2.21. The molecule has 0 amide bonds. The van der Waals surface area contributed by atoms with Crippen LogP contribution in [0, 0.1) is 6.92 Å². The number of ether oxygens (including phenoxy) is 1. The van der Waals surface area contributed by atoms with Crippen molar-refractivity contribution in [2.45, 2.75) is 13.5 Å². The van der Waals surface area contributed by atoms with E-state index in [-0.39, 0.29) is 0 Å². The molecule has 2 rings (SSSR count). The maximum Gasteiger partial charge on any atom is 0.119 e. The monoisotopic (exact) mass is 284 g/mol. The highest BCUT2D eigenvalue weighted by Crippen LogP contribution is 2.18. The van der Waals surface area contributed by atoms with Crippen LogP contribution in [0.1, 0.15) is 11.1 Å². The zero-order chi connectivity index (χ0) is 15.1. The molecule has 1 N–H and O–H groups in total. The summed E-state index contributed by atoms with van der Waals surface area (Å²) in [5.41, 5.74) is 3.78. The smallest absolute Gasteiger partial charge is 0.119 e. The van der Waals surface area contributed by atoms with E-state index in [1.165, 1.54) is 16.8 Å². The summed E-state index contributed by atoms with van der Waals surface area (Å²) in [4.78, 5) is 2.23. The molecule has 0 fully saturated rings. The Morgan fingerprint density at radius 3 is 2.67 bits per heavy atom. The Bertz CT molecular complexity index is 569. The van der Waals surface area contributed by atoms with Gasteiger partial charge in [0, 0.05) is 19.3 Å². The predicted molar refractivity (Wildman–Crippen MR) is 89.1 cm³/mol. The molecule has 0 aliphatic carbocycles. The summed E-state index contributed by atoms with van der Waals surface area (Å²) in [5, 5.41) is 3.15. The molecular weight excluding hydrogens is 260 g/mol. The van der Waals surface area contributed by atoms with E-state index in [4.69, 9.17) is 4.74 Å². The first-order chi connectivity index (χ1) is 10.2. The molecule has 112 valence electrons. The molecule has 0 spiro atoms. The van der Waals surface area contributed by atoms with Crippen LogP contribution in [-0.4, -0.2) is 27.2 Å². The van der Waals surface area contributed by atoms with Crippen LogP contribution in [0.25, 0.3) is 0 Å². The number of anilines is 1. The number of likely N-dealkylation sites (N-methyl/N-ethyl adjacent to an activating group) is 1. The summed E-state index contributed by atoms with van der Waals surface area (Å²) in [6, 6.07) is 16.6. The average molecular weight is 284 g/mol. The summed E-state index contributed by atoms with van der Waals surface area (Å²) in [5.74, 6) is 0.931. The van der Waals surface area contributed by atoms with Crippen LogP contribution in [0.15, 0.2) is 48.5 Å². The highest BCUT2D eigenvalue weighted by atomic mass is 16.5. The van der Waals surface area contributed by atoms with E-state index in [0.29, 0.717) is 6.61 Å². The molecule has 0 heterocycles. The summed E-state index contributed by atoms with van der Waals surface area (Å²) < 4.78 is 5.86. The van der Waals surface area contributed by atoms with Crippen LogP contribution in [0.4, 0.5) is 5.69 Å². The molecule has 2 aromatic rings. The normalized spacial score (nSPS) is 10.4. The van der Waals surface area contributed by atoms with Crippen LogP contribution < -0.4 is 15.0 Å². The van der Waals surface area contributed by atoms with Crippen molar-refractivity contribution < 1.29 is 4.74 Å². The molecule has 0 unspecified atom stereocenters. The Hall–Kier alpha value is -2.00. The zero-order valence-corrected chi connectivity index (χ0v) is 13.1. The van der Waals surface area contributed by atoms with Crippen LogP contribution in [-0.2, 0) is 6.54 Å². The van der Waals surface area contributed by atoms with E-state index in [1.807, 2.05) is 19.2 Å². The molecule has 0 saturated carbocycles. The first-order valence-corrected chi connectivity index (χ1v) is 7.34. The van der Waals surface area contributed by atoms with Gasteiger partial charge >= 0.3 is 0 Å². The Labute approximate surface area is 127 Å². The minimum Gasteiger partial charge on any atom is -0.492 e. The molecule has 0 aliphatic rings. The van der Waals surface area contributed by atoms with Crippen LogP contribution in [0.3, 0.4) is 0 Å². The molecular formula is C18H24N2O. The highest BCUT2D eigenvalue weighted by molar-refractivity contribution is 5.52. The fourth-order valence-electron chi connectivity index (χ4n) is 2.36. The Morgan fingerprint density at radius 1 is 1.10 bits per heavy atom. The van der Waals surface area contributed by atoms with Crippen molar-refractivity contribution >= 4 is 5.69 Å². The first-order valence-electron chi connectivity index (χ1n) is 7.34. The fourth-order valence-corrected chi connectivity index (χ4v) is 2.36. The van der Waals surface area contributed by atoms with Gasteiger partial charge in [0.2, 0.25) is 0 Å². The Morgan fingerprint density at radius 2 is 1.90 bits per heavy atom. The summed E-state index contributed by atoms with van der Waals surface area (Å²) in [6.45, 7) is 4.53. The predicted octanol–water partition coefficient (Wildman–Crippen LogP) is 3.23. The van der Waals surface area contributed by atoms with Crippen LogP contribution in [0.5, 0.6) is 5.75 Å². The van der Waals surface area contributed by atoms with Gasteiger partial charge in [-0.3, -0.25) is 0 Å². The third-order valence-electron chi connectivity index (χ3n) is 3.50. The molecule has 0 saturated heterocycles. The van der Waals surface area contributed by atoms with Gasteiger partial charge in [-0.05, 0) is 43.3 Å². The maximum atomic E-state index is 5.86. The molecule has 0 bridgehead atoms. The quantitative estimate of drug-likeness (QED) is 0.845. The summed E-state index contributed by atoms with van der Waals surface area (Å²) in [7, 11) is 4.05. The minimum atomic E-state index is 0.674. The van der Waals surface area contributed by atoms with Gasteiger partial charge in [-0.1, -0.05) is 30.3 Å². The second-order valence-corrected chi connectivity index (χ2v) is 5.23. The van der Waals surface area contributed by atoms with Crippen molar-refractivity contribution in [2.24, 2.45) is 0 Å². The molecule has 0 radical (unpaired) electrons. The molecule has 0 aromatic heterocycles. The average Bonchev–Trinajstić information content (AvgIpc) is 2.48. The maximum absolute atomic E-state index is 5.86. The van der Waals surface area contributed by atoms with Crippen molar-refractivity contribution in [2.75, 3.05) is 32.1 Å². The number of benzene rings is 2. The van der Waals surface area contributed by atoms with E-state index >= 15 is 0 Å². The van der Waals surface area contributed by atoms with Crippen molar-refractivity contribution in [3.63, 3.8) is 0 Å². The van der Waals surface area contributed by atoms with Crippen LogP contribution >= 0.6 is 0 Å². The number of aryl methyl sites for hydroxylation is 1. The number of nitrogens with zero attached hydrogens (tertiary/aromatic N) is 1. The van der Waals surface area contributed by atoms with Gasteiger partial charge in [0.15, 0.2) is 0 Å². The molecule has 21 heavy (non-hydrogen) atoms. The number of para-hydroxylation sites is 1. The van der Waals surface area contributed by atoms with Crippen molar-refractivity contribution in [1.82, 2.24) is 5.32 Å². The third-order valence-corrected chi connectivity index (χ3v) is 3.50. The second kappa shape index (κ2) is 7.70. The topological polar surface area (TPSA) is 24.5 Å². The summed E-state index contributed by atoms with van der Waals surface area (Å²) >= 11 is 0. The number of nitrogens with one attached hydrogen (secondary N) is 1. The lowest BCUT2D eigenvalue weighted by Crippen LogP contribution is -2.24. The van der Waals surface area contributed by atoms with E-state index in [9.17, 15) is 0 Å². The standard InChI is InChI=1S/C18H24N2O/c1-15-7-4-5-10-18(15)20(3)11-12-21-17-9-6-8-16(13-17)14-19-2/h4-10,13,19H,11-12,14H2,1-3H3. The van der Waals surface area contributed by atoms with E-state index < -0.39 is 0 Å². The van der Waals surface area contributed by atoms with Gasteiger partial charge in [-0.15, -0.1) is 0 Å². The molecule has 0 aliphatic heterocycles. The largest absolute Gasteiger partial charge is 0.492 e. The molecule has 3 heteroatoms. The third kappa shape index (κ3) is 4.50. The zero-order valence-electron chi connectivity index (χ0n) is 13.1. The van der Waals surface area contributed by atoms with Crippen molar-refractivity contribution in [3.8, 4) is 5.75 Å². The molecule has 2 aromatic carbocycles. The Kier molecular flexibility index (Phi) is 5.64. The summed E-state index contributed by atoms with van der Waals surface area (Å²) in [6.07, 6.45) is 0. The van der Waals surface area contributed by atoms with Gasteiger partial charge in [-0.2, -0.15) is 0 Å². The SMILES string of the molecule is CNCc1cccc(OCCN(C)c2ccccc2C)c1. The molecule has 0 atom stereocenters. The number of hydrogen-bond donors (Lipinski definition) is 1. The highest BCUT2D eigenvalue weighted by Gasteiger charge is 2.04. The van der Waals surface area contributed by atoms with Gasteiger partial charge in [0.1, 0.15) is 12.4 Å². The van der Waals surface area contributed by atoms with Gasteiger partial charge in [0.25, 0.3) is 0 Å². The van der Waals surface area contributed by atoms with E-state index in [0.717, 1.165) is 18.8 Å². The van der Waals surface area contributed by atoms with Crippen molar-refractivity contribution in [3.05, 3.63) is 59.7 Å². The van der Waals surface area contributed by atoms with E-state index in [1.54, 1.807) is 0 Å². The van der Waals surface area contributed by atoms with E-state index in [2.05, 4.69) is 60.6 Å². The second-order valence-electron chi connectivity index (χ2n) is 5.23.